The van der Waals surface area contributed by atoms with Crippen LogP contribution in [0.2, 0.25) is 0 Å². The van der Waals surface area contributed by atoms with Crippen molar-refractivity contribution in [1.82, 2.24) is 20.6 Å². The Morgan fingerprint density at radius 1 is 1.33 bits per heavy atom. The summed E-state index contributed by atoms with van der Waals surface area (Å²) >= 11 is 0. The number of hydrogen-bond acceptors (Lipinski definition) is 3. The van der Waals surface area contributed by atoms with Crippen molar-refractivity contribution in [1.29, 1.82) is 0 Å². The van der Waals surface area contributed by atoms with Crippen LogP contribution in [0.4, 0.5) is 4.79 Å². The minimum atomic E-state index is -0.773. The molecule has 1 unspecified atom stereocenters. The van der Waals surface area contributed by atoms with Crippen molar-refractivity contribution in [2.24, 2.45) is 11.8 Å². The van der Waals surface area contributed by atoms with Crippen LogP contribution in [0.1, 0.15) is 38.9 Å². The van der Waals surface area contributed by atoms with Gasteiger partial charge in [-0.2, -0.15) is 0 Å². The van der Waals surface area contributed by atoms with Crippen LogP contribution in [-0.2, 0) is 11.3 Å². The molecule has 21 heavy (non-hydrogen) atoms. The molecule has 1 atom stereocenters. The van der Waals surface area contributed by atoms with E-state index in [-0.39, 0.29) is 12.5 Å². The Kier molecular flexibility index (Phi) is 7.28. The Hall–Kier alpha value is -2.05. The van der Waals surface area contributed by atoms with Crippen LogP contribution in [0.25, 0.3) is 0 Å². The van der Waals surface area contributed by atoms with E-state index in [0.717, 1.165) is 6.42 Å². The maximum Gasteiger partial charge on any atom is 0.315 e. The molecule has 0 spiro atoms. The van der Waals surface area contributed by atoms with Gasteiger partial charge in [0.1, 0.15) is 5.82 Å². The molecule has 0 aliphatic rings. The van der Waals surface area contributed by atoms with Gasteiger partial charge in [-0.25, -0.2) is 9.78 Å². The van der Waals surface area contributed by atoms with Crippen LogP contribution < -0.4 is 10.6 Å². The lowest BCUT2D eigenvalue weighted by Crippen LogP contribution is -2.36. The summed E-state index contributed by atoms with van der Waals surface area (Å²) in [7, 11) is 0. The first-order chi connectivity index (χ1) is 9.99. The molecule has 0 aliphatic heterocycles. The van der Waals surface area contributed by atoms with Gasteiger partial charge in [-0.3, -0.25) is 4.79 Å². The zero-order valence-corrected chi connectivity index (χ0v) is 12.6. The number of carbonyl (C=O) groups is 2. The highest BCUT2D eigenvalue weighted by molar-refractivity contribution is 5.73. The fraction of sp³-hybridized carbons (Fsp3) is 0.643. The number of aromatic nitrogens is 2. The quantitative estimate of drug-likeness (QED) is 0.556. The largest absolute Gasteiger partial charge is 0.481 e. The molecule has 1 aromatic heterocycles. The van der Waals surface area contributed by atoms with Crippen molar-refractivity contribution >= 4 is 12.0 Å². The fourth-order valence-corrected chi connectivity index (χ4v) is 2.11. The third-order valence-corrected chi connectivity index (χ3v) is 3.44. The number of rotatable bonds is 9. The predicted octanol–water partition coefficient (Wildman–Crippen LogP) is 1.74. The molecule has 0 radical (unpaired) electrons. The summed E-state index contributed by atoms with van der Waals surface area (Å²) in [5, 5.41) is 14.2. The van der Waals surface area contributed by atoms with E-state index in [1.54, 1.807) is 12.4 Å². The first-order valence-electron chi connectivity index (χ1n) is 7.20. The number of hydrogen-bond donors (Lipinski definition) is 4. The normalized spacial score (nSPS) is 12.1. The van der Waals surface area contributed by atoms with Gasteiger partial charge in [-0.1, -0.05) is 13.8 Å². The van der Waals surface area contributed by atoms with E-state index in [2.05, 4.69) is 34.4 Å². The second-order valence-corrected chi connectivity index (χ2v) is 5.37. The molecule has 2 amide bonds. The van der Waals surface area contributed by atoms with Gasteiger partial charge >= 0.3 is 12.0 Å². The molecule has 1 rings (SSSR count). The van der Waals surface area contributed by atoms with E-state index < -0.39 is 5.97 Å². The standard InChI is InChI=1S/C14H24N4O3/c1-10(2)11(3-4-13(19)20)5-6-17-14(21)18-9-12-15-7-8-16-12/h7-8,10-11H,3-6,9H2,1-2H3,(H,15,16)(H,19,20)(H2,17,18,21). The Morgan fingerprint density at radius 3 is 2.67 bits per heavy atom. The third-order valence-electron chi connectivity index (χ3n) is 3.44. The molecular weight excluding hydrogens is 272 g/mol. The third kappa shape index (κ3) is 7.34. The lowest BCUT2D eigenvalue weighted by molar-refractivity contribution is -0.137. The van der Waals surface area contributed by atoms with E-state index in [4.69, 9.17) is 5.11 Å². The second-order valence-electron chi connectivity index (χ2n) is 5.37. The van der Waals surface area contributed by atoms with Crippen LogP contribution in [0.15, 0.2) is 12.4 Å². The predicted molar refractivity (Wildman–Crippen MR) is 78.6 cm³/mol. The molecule has 118 valence electrons. The highest BCUT2D eigenvalue weighted by Gasteiger charge is 2.15. The van der Waals surface area contributed by atoms with Gasteiger partial charge in [-0.05, 0) is 24.7 Å². The number of nitrogens with one attached hydrogen (secondary N) is 3. The number of carbonyl (C=O) groups excluding carboxylic acids is 1. The number of carboxylic acids is 1. The van der Waals surface area contributed by atoms with Crippen molar-refractivity contribution in [3.8, 4) is 0 Å². The zero-order chi connectivity index (χ0) is 15.7. The van der Waals surface area contributed by atoms with Crippen molar-refractivity contribution in [2.45, 2.75) is 39.7 Å². The van der Waals surface area contributed by atoms with E-state index in [0.29, 0.717) is 37.2 Å². The number of aliphatic carboxylic acids is 1. The van der Waals surface area contributed by atoms with Crippen LogP contribution in [0.3, 0.4) is 0 Å². The minimum absolute atomic E-state index is 0.174. The number of H-pyrrole nitrogens is 1. The summed E-state index contributed by atoms with van der Waals surface area (Å²) in [4.78, 5) is 29.1. The summed E-state index contributed by atoms with van der Waals surface area (Å²) in [6.45, 7) is 5.03. The molecule has 0 aromatic carbocycles. The first kappa shape index (κ1) is 17.0. The van der Waals surface area contributed by atoms with Gasteiger partial charge in [0.2, 0.25) is 0 Å². The lowest BCUT2D eigenvalue weighted by atomic mass is 9.88. The Labute approximate surface area is 124 Å². The number of nitrogens with zero attached hydrogens (tertiary/aromatic N) is 1. The summed E-state index contributed by atoms with van der Waals surface area (Å²) in [6.07, 6.45) is 4.92. The summed E-state index contributed by atoms with van der Waals surface area (Å²) in [5.41, 5.74) is 0. The SMILES string of the molecule is CC(C)C(CCNC(=O)NCc1ncc[nH]1)CCC(=O)O. The summed E-state index contributed by atoms with van der Waals surface area (Å²) in [5.74, 6) is 0.625. The average molecular weight is 296 g/mol. The van der Waals surface area contributed by atoms with Gasteiger partial charge in [-0.15, -0.1) is 0 Å². The van der Waals surface area contributed by atoms with Crippen molar-refractivity contribution in [2.75, 3.05) is 6.54 Å². The Bertz CT molecular complexity index is 431. The number of imidazole rings is 1. The van der Waals surface area contributed by atoms with Crippen LogP contribution in [0, 0.1) is 11.8 Å². The van der Waals surface area contributed by atoms with Crippen molar-refractivity contribution in [3.63, 3.8) is 0 Å². The van der Waals surface area contributed by atoms with E-state index in [1.165, 1.54) is 0 Å². The summed E-state index contributed by atoms with van der Waals surface area (Å²) in [6, 6.07) is -0.243. The molecule has 0 fully saturated rings. The molecule has 0 bridgehead atoms. The van der Waals surface area contributed by atoms with Crippen molar-refractivity contribution < 1.29 is 14.7 Å². The average Bonchev–Trinajstić information content (AvgIpc) is 2.92. The molecule has 0 saturated heterocycles. The minimum Gasteiger partial charge on any atom is -0.481 e. The highest BCUT2D eigenvalue weighted by Crippen LogP contribution is 2.20. The van der Waals surface area contributed by atoms with E-state index in [9.17, 15) is 9.59 Å². The molecule has 7 nitrogen and oxygen atoms in total. The van der Waals surface area contributed by atoms with E-state index in [1.807, 2.05) is 0 Å². The van der Waals surface area contributed by atoms with Gasteiger partial charge < -0.3 is 20.7 Å². The molecule has 1 heterocycles. The molecule has 0 aliphatic carbocycles. The van der Waals surface area contributed by atoms with Crippen molar-refractivity contribution in [3.05, 3.63) is 18.2 Å². The maximum atomic E-state index is 11.6. The molecule has 0 saturated carbocycles. The molecule has 4 N–H and O–H groups in total. The molecular formula is C14H24N4O3. The van der Waals surface area contributed by atoms with Crippen LogP contribution >= 0.6 is 0 Å². The topological polar surface area (TPSA) is 107 Å². The molecule has 1 aromatic rings. The van der Waals surface area contributed by atoms with Crippen LogP contribution in [-0.4, -0.2) is 33.6 Å². The van der Waals surface area contributed by atoms with Gasteiger partial charge in [0.05, 0.1) is 6.54 Å². The summed E-state index contributed by atoms with van der Waals surface area (Å²) < 4.78 is 0. The Morgan fingerprint density at radius 2 is 2.10 bits per heavy atom. The number of urea groups is 1. The van der Waals surface area contributed by atoms with Gasteiger partial charge in [0, 0.05) is 25.4 Å². The Balaban J connectivity index is 2.20. The fourth-order valence-electron chi connectivity index (χ4n) is 2.11. The first-order valence-corrected chi connectivity index (χ1v) is 7.20. The van der Waals surface area contributed by atoms with Crippen LogP contribution in [0.5, 0.6) is 0 Å². The van der Waals surface area contributed by atoms with Gasteiger partial charge in [0.15, 0.2) is 0 Å². The monoisotopic (exact) mass is 296 g/mol. The zero-order valence-electron chi connectivity index (χ0n) is 12.6. The number of amides is 2. The lowest BCUT2D eigenvalue weighted by Gasteiger charge is -2.20. The van der Waals surface area contributed by atoms with E-state index >= 15 is 0 Å². The molecule has 7 heteroatoms. The smallest absolute Gasteiger partial charge is 0.315 e. The highest BCUT2D eigenvalue weighted by atomic mass is 16.4. The second kappa shape index (κ2) is 8.99. The number of aromatic amines is 1. The van der Waals surface area contributed by atoms with Gasteiger partial charge in [0.25, 0.3) is 0 Å². The number of carboxylic acid groups (broad SMARTS) is 1. The maximum absolute atomic E-state index is 11.6.